The number of fused-ring (bicyclic) bond motifs is 2. The van der Waals surface area contributed by atoms with Gasteiger partial charge in [0.1, 0.15) is 5.75 Å². The standard InChI is InChI=1S/C22H25NO3/c1-13-20-8-19(9-21(13)20)26-18-5-4-15-6-14(2-3-16(15)7-18)10-23-11-17(12-23)22(24)25/h2-7,13,17,19-21H,8-12H2,1H3,(H,24,25)/t13-,19-,20+,21?/m1/s1. The second-order valence-corrected chi connectivity index (χ2v) is 8.47. The van der Waals surface area contributed by atoms with Gasteiger partial charge in [0.25, 0.3) is 0 Å². The Labute approximate surface area is 153 Å². The van der Waals surface area contributed by atoms with Gasteiger partial charge in [-0.15, -0.1) is 0 Å². The van der Waals surface area contributed by atoms with Crippen molar-refractivity contribution in [3.05, 3.63) is 42.0 Å². The van der Waals surface area contributed by atoms with Gasteiger partial charge in [-0.25, -0.2) is 0 Å². The minimum atomic E-state index is -0.679. The fourth-order valence-electron chi connectivity index (χ4n) is 4.97. The fraction of sp³-hybridized carbons (Fsp3) is 0.500. The van der Waals surface area contributed by atoms with Crippen LogP contribution in [0.1, 0.15) is 25.3 Å². The van der Waals surface area contributed by atoms with Gasteiger partial charge in [-0.1, -0.05) is 25.1 Å². The van der Waals surface area contributed by atoms with Gasteiger partial charge in [0.2, 0.25) is 0 Å². The van der Waals surface area contributed by atoms with Gasteiger partial charge in [-0.05, 0) is 65.1 Å². The largest absolute Gasteiger partial charge is 0.490 e. The Hall–Kier alpha value is -2.07. The van der Waals surface area contributed by atoms with Crippen LogP contribution in [0.2, 0.25) is 0 Å². The third-order valence-corrected chi connectivity index (χ3v) is 6.72. The zero-order chi connectivity index (χ0) is 17.8. The SMILES string of the molecule is C[C@H]1C2C[C@H](Oc3ccc4cc(CN5CC(C(=O)O)C5)ccc4c3)C[C@H]21. The van der Waals surface area contributed by atoms with E-state index >= 15 is 0 Å². The van der Waals surface area contributed by atoms with Crippen LogP contribution >= 0.6 is 0 Å². The van der Waals surface area contributed by atoms with Crippen molar-refractivity contribution in [1.29, 1.82) is 0 Å². The second kappa shape index (κ2) is 5.98. The van der Waals surface area contributed by atoms with Crippen LogP contribution in [0, 0.1) is 23.7 Å². The lowest BCUT2D eigenvalue weighted by Crippen LogP contribution is -2.49. The molecule has 0 radical (unpaired) electrons. The van der Waals surface area contributed by atoms with Crippen LogP contribution in [0.4, 0.5) is 0 Å². The molecule has 26 heavy (non-hydrogen) atoms. The molecule has 2 saturated carbocycles. The molecule has 0 bridgehead atoms. The van der Waals surface area contributed by atoms with Crippen molar-refractivity contribution >= 4 is 16.7 Å². The first kappa shape index (κ1) is 16.1. The number of ether oxygens (including phenoxy) is 1. The third-order valence-electron chi connectivity index (χ3n) is 6.72. The van der Waals surface area contributed by atoms with E-state index in [-0.39, 0.29) is 5.92 Å². The van der Waals surface area contributed by atoms with Crippen molar-refractivity contribution in [1.82, 2.24) is 4.90 Å². The summed E-state index contributed by atoms with van der Waals surface area (Å²) in [6.07, 6.45) is 2.83. The molecule has 0 spiro atoms. The first-order valence-electron chi connectivity index (χ1n) is 9.71. The minimum absolute atomic E-state index is 0.195. The highest BCUT2D eigenvalue weighted by molar-refractivity contribution is 5.84. The smallest absolute Gasteiger partial charge is 0.309 e. The number of carbonyl (C=O) groups is 1. The molecule has 1 N–H and O–H groups in total. The number of hydrogen-bond acceptors (Lipinski definition) is 3. The number of benzene rings is 2. The molecule has 0 aromatic heterocycles. The van der Waals surface area contributed by atoms with Gasteiger partial charge in [0.15, 0.2) is 0 Å². The summed E-state index contributed by atoms with van der Waals surface area (Å²) in [7, 11) is 0. The first-order chi connectivity index (χ1) is 12.6. The topological polar surface area (TPSA) is 49.8 Å². The number of nitrogens with zero attached hydrogens (tertiary/aromatic N) is 1. The average Bonchev–Trinajstić information content (AvgIpc) is 3.00. The van der Waals surface area contributed by atoms with E-state index < -0.39 is 5.97 Å². The average molecular weight is 351 g/mol. The van der Waals surface area contributed by atoms with Crippen LogP contribution in [0.25, 0.3) is 10.8 Å². The lowest BCUT2D eigenvalue weighted by molar-refractivity contribution is -0.147. The van der Waals surface area contributed by atoms with Gasteiger partial charge in [0.05, 0.1) is 12.0 Å². The molecule has 2 aliphatic carbocycles. The molecule has 136 valence electrons. The molecule has 3 fully saturated rings. The fourth-order valence-corrected chi connectivity index (χ4v) is 4.97. The highest BCUT2D eigenvalue weighted by Crippen LogP contribution is 2.57. The molecule has 4 heteroatoms. The number of carboxylic acids is 1. The molecule has 1 aliphatic heterocycles. The summed E-state index contributed by atoms with van der Waals surface area (Å²) in [5.74, 6) is 2.84. The van der Waals surface area contributed by atoms with Gasteiger partial charge in [-0.2, -0.15) is 0 Å². The Morgan fingerprint density at radius 3 is 2.54 bits per heavy atom. The quantitative estimate of drug-likeness (QED) is 0.891. The van der Waals surface area contributed by atoms with Gasteiger partial charge < -0.3 is 9.84 Å². The van der Waals surface area contributed by atoms with Gasteiger partial charge in [0, 0.05) is 19.6 Å². The molecule has 3 aliphatic rings. The van der Waals surface area contributed by atoms with Gasteiger partial charge in [-0.3, -0.25) is 9.69 Å². The molecule has 1 saturated heterocycles. The first-order valence-corrected chi connectivity index (χ1v) is 9.71. The maximum Gasteiger partial charge on any atom is 0.309 e. The van der Waals surface area contributed by atoms with Crippen LogP contribution in [-0.4, -0.2) is 35.2 Å². The molecule has 0 amide bonds. The summed E-state index contributed by atoms with van der Waals surface area (Å²) in [5.41, 5.74) is 1.24. The monoisotopic (exact) mass is 351 g/mol. The molecule has 2 aromatic carbocycles. The van der Waals surface area contributed by atoms with Crippen LogP contribution < -0.4 is 4.74 Å². The summed E-state index contributed by atoms with van der Waals surface area (Å²) >= 11 is 0. The lowest BCUT2D eigenvalue weighted by atomic mass is 9.99. The second-order valence-electron chi connectivity index (χ2n) is 8.47. The molecule has 4 nitrogen and oxygen atoms in total. The van der Waals surface area contributed by atoms with Crippen molar-refractivity contribution in [3.63, 3.8) is 0 Å². The Morgan fingerprint density at radius 1 is 1.12 bits per heavy atom. The van der Waals surface area contributed by atoms with Crippen LogP contribution in [0.5, 0.6) is 5.75 Å². The lowest BCUT2D eigenvalue weighted by Gasteiger charge is -2.36. The maximum absolute atomic E-state index is 10.9. The van der Waals surface area contributed by atoms with Crippen LogP contribution in [0.3, 0.4) is 0 Å². The van der Waals surface area contributed by atoms with Crippen molar-refractivity contribution in [2.45, 2.75) is 32.4 Å². The van der Waals surface area contributed by atoms with E-state index in [0.29, 0.717) is 19.2 Å². The number of rotatable bonds is 5. The van der Waals surface area contributed by atoms with Crippen LogP contribution in [0.15, 0.2) is 36.4 Å². The number of carboxylic acid groups (broad SMARTS) is 1. The Balaban J connectivity index is 1.23. The van der Waals surface area contributed by atoms with Crippen molar-refractivity contribution in [2.24, 2.45) is 23.7 Å². The maximum atomic E-state index is 10.9. The predicted molar refractivity (Wildman–Crippen MR) is 100 cm³/mol. The zero-order valence-electron chi connectivity index (χ0n) is 15.1. The van der Waals surface area contributed by atoms with Crippen molar-refractivity contribution < 1.29 is 14.6 Å². The van der Waals surface area contributed by atoms with E-state index in [1.165, 1.54) is 29.2 Å². The summed E-state index contributed by atoms with van der Waals surface area (Å²) in [4.78, 5) is 13.1. The predicted octanol–water partition coefficient (Wildman–Crippen LogP) is 3.78. The number of hydrogen-bond donors (Lipinski definition) is 1. The molecule has 4 atom stereocenters. The molecule has 1 heterocycles. The molecular weight excluding hydrogens is 326 g/mol. The molecule has 1 unspecified atom stereocenters. The summed E-state index contributed by atoms with van der Waals surface area (Å²) in [6, 6.07) is 12.9. The van der Waals surface area contributed by atoms with Crippen molar-refractivity contribution in [3.8, 4) is 5.75 Å². The number of likely N-dealkylation sites (tertiary alicyclic amines) is 1. The van der Waals surface area contributed by atoms with E-state index in [4.69, 9.17) is 9.84 Å². The highest BCUT2D eigenvalue weighted by Gasteiger charge is 2.53. The Kier molecular flexibility index (Phi) is 3.71. The van der Waals surface area contributed by atoms with E-state index in [1.807, 2.05) is 0 Å². The van der Waals surface area contributed by atoms with E-state index in [0.717, 1.165) is 30.0 Å². The van der Waals surface area contributed by atoms with E-state index in [2.05, 4.69) is 48.2 Å². The van der Waals surface area contributed by atoms with E-state index in [1.54, 1.807) is 0 Å². The van der Waals surface area contributed by atoms with E-state index in [9.17, 15) is 4.79 Å². The normalized spacial score (nSPS) is 30.8. The molecular formula is C22H25NO3. The minimum Gasteiger partial charge on any atom is -0.490 e. The third kappa shape index (κ3) is 2.86. The van der Waals surface area contributed by atoms with Gasteiger partial charge >= 0.3 is 5.97 Å². The Morgan fingerprint density at radius 2 is 1.81 bits per heavy atom. The summed E-state index contributed by atoms with van der Waals surface area (Å²) in [5, 5.41) is 11.4. The summed E-state index contributed by atoms with van der Waals surface area (Å²) in [6.45, 7) is 4.49. The Bertz CT molecular complexity index is 846. The molecule has 5 rings (SSSR count). The summed E-state index contributed by atoms with van der Waals surface area (Å²) < 4.78 is 6.22. The highest BCUT2D eigenvalue weighted by atomic mass is 16.5. The molecule has 2 aromatic rings. The zero-order valence-corrected chi connectivity index (χ0v) is 15.1. The van der Waals surface area contributed by atoms with Crippen LogP contribution in [-0.2, 0) is 11.3 Å². The van der Waals surface area contributed by atoms with Crippen molar-refractivity contribution in [2.75, 3.05) is 13.1 Å². The number of aliphatic carboxylic acids is 1.